The molecule has 1 saturated carbocycles. The van der Waals surface area contributed by atoms with Gasteiger partial charge in [-0.25, -0.2) is 0 Å². The van der Waals surface area contributed by atoms with E-state index in [1.807, 2.05) is 51.1 Å². The Morgan fingerprint density at radius 3 is 2.61 bits per heavy atom. The molecule has 3 N–H and O–H groups in total. The smallest absolute Gasteiger partial charge is 0.309 e. The van der Waals surface area contributed by atoms with Crippen LogP contribution in [0.1, 0.15) is 52.5 Å². The van der Waals surface area contributed by atoms with Gasteiger partial charge in [-0.15, -0.1) is 0 Å². The molecule has 7 nitrogen and oxygen atoms in total. The minimum atomic E-state index is -0.926. The highest BCUT2D eigenvalue weighted by molar-refractivity contribution is 5.74. The molecule has 1 aliphatic heterocycles. The summed E-state index contributed by atoms with van der Waals surface area (Å²) in [6.07, 6.45) is 1.28. The molecule has 1 spiro atoms. The molecule has 31 heavy (non-hydrogen) atoms. The first-order valence-corrected chi connectivity index (χ1v) is 11.2. The summed E-state index contributed by atoms with van der Waals surface area (Å²) in [7, 11) is 0. The second kappa shape index (κ2) is 9.67. The Morgan fingerprint density at radius 2 is 2.03 bits per heavy atom. The Morgan fingerprint density at radius 1 is 1.32 bits per heavy atom. The van der Waals surface area contributed by atoms with Crippen molar-refractivity contribution in [2.75, 3.05) is 13.2 Å². The van der Waals surface area contributed by atoms with Crippen molar-refractivity contribution in [1.82, 2.24) is 10.6 Å². The summed E-state index contributed by atoms with van der Waals surface area (Å²) < 4.78 is 11.7. The average molecular weight is 433 g/mol. The molecule has 7 heteroatoms. The molecule has 1 aromatic carbocycles. The summed E-state index contributed by atoms with van der Waals surface area (Å²) in [5.41, 5.74) is -0.127. The quantitative estimate of drug-likeness (QED) is 0.596. The number of aliphatic hydroxyl groups excluding tert-OH is 1. The Bertz CT molecular complexity index is 755. The topological polar surface area (TPSA) is 96.9 Å². The van der Waals surface area contributed by atoms with Crippen molar-refractivity contribution in [2.24, 2.45) is 11.8 Å². The lowest BCUT2D eigenvalue weighted by molar-refractivity contribution is -0.172. The molecule has 1 saturated heterocycles. The molecule has 1 aromatic rings. The molecule has 0 bridgehead atoms. The van der Waals surface area contributed by atoms with Gasteiger partial charge in [0.05, 0.1) is 24.7 Å². The number of esters is 1. The van der Waals surface area contributed by atoms with Gasteiger partial charge in [-0.05, 0) is 52.0 Å². The lowest BCUT2D eigenvalue weighted by Crippen LogP contribution is -2.56. The van der Waals surface area contributed by atoms with Gasteiger partial charge in [0, 0.05) is 19.4 Å². The molecule has 3 rings (SSSR count). The lowest BCUT2D eigenvalue weighted by Gasteiger charge is -2.44. The fourth-order valence-electron chi connectivity index (χ4n) is 4.81. The molecule has 2 aliphatic rings. The van der Waals surface area contributed by atoms with Gasteiger partial charge in [0.25, 0.3) is 0 Å². The van der Waals surface area contributed by atoms with Gasteiger partial charge in [-0.2, -0.15) is 0 Å². The van der Waals surface area contributed by atoms with Crippen molar-refractivity contribution in [2.45, 2.75) is 76.9 Å². The number of ether oxygens (including phenoxy) is 2. The van der Waals surface area contributed by atoms with Crippen LogP contribution in [0.3, 0.4) is 0 Å². The van der Waals surface area contributed by atoms with Crippen LogP contribution in [0.15, 0.2) is 30.3 Å². The van der Waals surface area contributed by atoms with Crippen LogP contribution in [-0.4, -0.2) is 53.6 Å². The Hall–Kier alpha value is -1.96. The molecule has 5 atom stereocenters. The largest absolute Gasteiger partial charge is 0.460 e. The van der Waals surface area contributed by atoms with E-state index in [9.17, 15) is 14.7 Å². The highest BCUT2D eigenvalue weighted by Gasteiger charge is 2.50. The van der Waals surface area contributed by atoms with Crippen LogP contribution >= 0.6 is 0 Å². The van der Waals surface area contributed by atoms with E-state index in [0.717, 1.165) is 12.1 Å². The molecular weight excluding hydrogens is 396 g/mol. The highest BCUT2D eigenvalue weighted by Crippen LogP contribution is 2.42. The molecule has 1 aliphatic carbocycles. The first-order chi connectivity index (χ1) is 14.6. The maximum absolute atomic E-state index is 13.1. The summed E-state index contributed by atoms with van der Waals surface area (Å²) in [6, 6.07) is 9.21. The summed E-state index contributed by atoms with van der Waals surface area (Å²) in [6.45, 7) is 8.34. The van der Waals surface area contributed by atoms with E-state index >= 15 is 0 Å². The van der Waals surface area contributed by atoms with E-state index in [-0.39, 0.29) is 11.9 Å². The normalized spacial score (nSPS) is 28.2. The van der Waals surface area contributed by atoms with Crippen molar-refractivity contribution in [1.29, 1.82) is 0 Å². The second-order valence-electron chi connectivity index (χ2n) is 9.80. The van der Waals surface area contributed by atoms with Crippen molar-refractivity contribution in [3.8, 4) is 0 Å². The molecule has 0 aromatic heterocycles. The van der Waals surface area contributed by atoms with Crippen LogP contribution in [0.4, 0.5) is 0 Å². The van der Waals surface area contributed by atoms with Crippen molar-refractivity contribution in [3.63, 3.8) is 0 Å². The standard InChI is InChI=1S/C24H36N2O5/c1-16(27)26-20(14-17-8-6-5-7-9-17)21(28)19-15-24(25-12-13-30-24)11-10-18(19)22(29)31-23(2,3)4/h5-9,18-21,25,28H,10-15H2,1-4H3,(H,26,27). The summed E-state index contributed by atoms with van der Waals surface area (Å²) in [4.78, 5) is 25.0. The van der Waals surface area contributed by atoms with E-state index in [1.54, 1.807) is 0 Å². The number of amides is 1. The van der Waals surface area contributed by atoms with E-state index < -0.39 is 35.3 Å². The van der Waals surface area contributed by atoms with Crippen LogP contribution in [0.2, 0.25) is 0 Å². The van der Waals surface area contributed by atoms with Crippen LogP contribution < -0.4 is 10.6 Å². The van der Waals surface area contributed by atoms with Gasteiger partial charge in [0.15, 0.2) is 0 Å². The van der Waals surface area contributed by atoms with Crippen molar-refractivity contribution < 1.29 is 24.2 Å². The molecule has 2 fully saturated rings. The Balaban J connectivity index is 1.86. The van der Waals surface area contributed by atoms with Crippen LogP contribution in [0.5, 0.6) is 0 Å². The van der Waals surface area contributed by atoms with E-state index in [1.165, 1.54) is 6.92 Å². The third-order valence-electron chi connectivity index (χ3n) is 6.12. The van der Waals surface area contributed by atoms with Gasteiger partial charge >= 0.3 is 5.97 Å². The van der Waals surface area contributed by atoms with E-state index in [2.05, 4.69) is 10.6 Å². The number of hydrogen-bond acceptors (Lipinski definition) is 6. The van der Waals surface area contributed by atoms with Gasteiger partial charge in [-0.1, -0.05) is 30.3 Å². The fourth-order valence-corrected chi connectivity index (χ4v) is 4.81. The third kappa shape index (κ3) is 6.28. The number of rotatable bonds is 6. The lowest BCUT2D eigenvalue weighted by atomic mass is 9.70. The van der Waals surface area contributed by atoms with Gasteiger partial charge in [0.1, 0.15) is 11.3 Å². The van der Waals surface area contributed by atoms with Crippen molar-refractivity contribution in [3.05, 3.63) is 35.9 Å². The second-order valence-corrected chi connectivity index (χ2v) is 9.80. The number of carbonyl (C=O) groups is 2. The molecule has 1 heterocycles. The number of benzene rings is 1. The molecule has 1 amide bonds. The van der Waals surface area contributed by atoms with Crippen molar-refractivity contribution >= 4 is 11.9 Å². The summed E-state index contributed by atoms with van der Waals surface area (Å²) in [5, 5.41) is 17.8. The number of nitrogens with one attached hydrogen (secondary N) is 2. The molecule has 5 unspecified atom stereocenters. The SMILES string of the molecule is CC(=O)NC(Cc1ccccc1)C(O)C1CC2(CCC1C(=O)OC(C)(C)C)NCCO2. The first kappa shape index (κ1) is 23.7. The monoisotopic (exact) mass is 432 g/mol. The molecular formula is C24H36N2O5. The van der Waals surface area contributed by atoms with Crippen LogP contribution in [-0.2, 0) is 25.5 Å². The average Bonchev–Trinajstić information content (AvgIpc) is 3.13. The molecule has 172 valence electrons. The number of hydrogen-bond donors (Lipinski definition) is 3. The third-order valence-corrected chi connectivity index (χ3v) is 6.12. The van der Waals surface area contributed by atoms with E-state index in [4.69, 9.17) is 9.47 Å². The summed E-state index contributed by atoms with van der Waals surface area (Å²) >= 11 is 0. The predicted molar refractivity (Wildman–Crippen MR) is 117 cm³/mol. The van der Waals surface area contributed by atoms with Gasteiger partial charge < -0.3 is 19.9 Å². The number of carbonyl (C=O) groups excluding carboxylic acids is 2. The summed E-state index contributed by atoms with van der Waals surface area (Å²) in [5.74, 6) is -1.38. The minimum Gasteiger partial charge on any atom is -0.460 e. The Kier molecular flexibility index (Phi) is 7.39. The zero-order chi connectivity index (χ0) is 22.6. The zero-order valence-electron chi connectivity index (χ0n) is 19.0. The van der Waals surface area contributed by atoms with Gasteiger partial charge in [0.2, 0.25) is 5.91 Å². The van der Waals surface area contributed by atoms with Gasteiger partial charge in [-0.3, -0.25) is 14.9 Å². The minimum absolute atomic E-state index is 0.213. The maximum Gasteiger partial charge on any atom is 0.309 e. The maximum atomic E-state index is 13.1. The predicted octanol–water partition coefficient (Wildman–Crippen LogP) is 2.17. The van der Waals surface area contributed by atoms with Crippen LogP contribution in [0, 0.1) is 11.8 Å². The highest BCUT2D eigenvalue weighted by atomic mass is 16.6. The zero-order valence-corrected chi connectivity index (χ0v) is 19.0. The van der Waals surface area contributed by atoms with Crippen LogP contribution in [0.25, 0.3) is 0 Å². The first-order valence-electron chi connectivity index (χ1n) is 11.2. The fraction of sp³-hybridized carbons (Fsp3) is 0.667. The van der Waals surface area contributed by atoms with E-state index in [0.29, 0.717) is 32.3 Å². The number of aliphatic hydroxyl groups is 1. The Labute approximate surface area is 184 Å². The molecule has 0 radical (unpaired) electrons.